The van der Waals surface area contributed by atoms with Crippen LogP contribution in [0.3, 0.4) is 0 Å². The zero-order valence-electron chi connectivity index (χ0n) is 16.7. The topological polar surface area (TPSA) is 73.5 Å². The smallest absolute Gasteiger partial charge is 0.261 e. The fraction of sp³-hybridized carbons (Fsp3) is 0.409. The molecule has 2 aromatic rings. The molecule has 148 valence electrons. The van der Waals surface area contributed by atoms with Crippen LogP contribution in [0, 0.1) is 13.8 Å². The number of pyridine rings is 1. The minimum Gasteiger partial charge on any atom is -0.336 e. The molecule has 1 saturated heterocycles. The summed E-state index contributed by atoms with van der Waals surface area (Å²) in [6.07, 6.45) is 1.00. The highest BCUT2D eigenvalue weighted by molar-refractivity contribution is 5.94. The molecule has 6 nitrogen and oxygen atoms in total. The molecule has 0 radical (unpaired) electrons. The lowest BCUT2D eigenvalue weighted by molar-refractivity contribution is -0.133. The number of hydrogen-bond donors (Lipinski definition) is 1. The van der Waals surface area contributed by atoms with Crippen molar-refractivity contribution in [1.82, 2.24) is 14.8 Å². The predicted molar refractivity (Wildman–Crippen MR) is 108 cm³/mol. The monoisotopic (exact) mass is 381 g/mol. The van der Waals surface area contributed by atoms with Gasteiger partial charge in [-0.3, -0.25) is 14.4 Å². The lowest BCUT2D eigenvalue weighted by Gasteiger charge is -2.31. The number of aryl methyl sites for hydroxylation is 2. The molecule has 1 fully saturated rings. The molecule has 1 atom stereocenters. The first-order valence-electron chi connectivity index (χ1n) is 9.74. The second-order valence-electron chi connectivity index (χ2n) is 7.39. The molecule has 1 aromatic carbocycles. The molecule has 3 rings (SSSR count). The zero-order chi connectivity index (χ0) is 20.3. The van der Waals surface area contributed by atoms with Crippen molar-refractivity contribution >= 4 is 11.8 Å². The highest BCUT2D eigenvalue weighted by atomic mass is 16.2. The highest BCUT2D eigenvalue weighted by Crippen LogP contribution is 2.19. The van der Waals surface area contributed by atoms with Crippen LogP contribution in [0.15, 0.2) is 41.2 Å². The summed E-state index contributed by atoms with van der Waals surface area (Å²) in [4.78, 5) is 44.4. The number of aromatic nitrogens is 1. The van der Waals surface area contributed by atoms with Gasteiger partial charge < -0.3 is 14.8 Å². The lowest BCUT2D eigenvalue weighted by Crippen LogP contribution is -2.44. The minimum atomic E-state index is -0.377. The third-order valence-electron chi connectivity index (χ3n) is 5.47. The number of rotatable bonds is 4. The van der Waals surface area contributed by atoms with Crippen molar-refractivity contribution in [3.05, 3.63) is 69.1 Å². The lowest BCUT2D eigenvalue weighted by atomic mass is 10.1. The van der Waals surface area contributed by atoms with E-state index < -0.39 is 0 Å². The van der Waals surface area contributed by atoms with Crippen LogP contribution in [0.5, 0.6) is 0 Å². The van der Waals surface area contributed by atoms with Crippen LogP contribution in [0.25, 0.3) is 0 Å². The van der Waals surface area contributed by atoms with Crippen molar-refractivity contribution in [2.75, 3.05) is 13.1 Å². The Bertz CT molecular complexity index is 920. The van der Waals surface area contributed by atoms with Crippen LogP contribution >= 0.6 is 0 Å². The first kappa shape index (κ1) is 19.9. The third kappa shape index (κ3) is 4.16. The molecule has 0 saturated carbocycles. The third-order valence-corrected chi connectivity index (χ3v) is 5.47. The van der Waals surface area contributed by atoms with E-state index in [0.717, 1.165) is 23.2 Å². The quantitative estimate of drug-likeness (QED) is 0.885. The fourth-order valence-electron chi connectivity index (χ4n) is 3.61. The van der Waals surface area contributed by atoms with Gasteiger partial charge in [-0.1, -0.05) is 37.3 Å². The molecular formula is C22H27N3O3. The van der Waals surface area contributed by atoms with E-state index in [2.05, 4.69) is 4.98 Å². The molecule has 1 aromatic heterocycles. The second kappa shape index (κ2) is 8.42. The van der Waals surface area contributed by atoms with Crippen molar-refractivity contribution in [2.24, 2.45) is 0 Å². The summed E-state index contributed by atoms with van der Waals surface area (Å²) in [6, 6.07) is 11.4. The highest BCUT2D eigenvalue weighted by Gasteiger charge is 2.31. The van der Waals surface area contributed by atoms with E-state index in [9.17, 15) is 14.4 Å². The molecule has 0 bridgehead atoms. The van der Waals surface area contributed by atoms with Crippen molar-refractivity contribution in [3.8, 4) is 0 Å². The van der Waals surface area contributed by atoms with E-state index in [4.69, 9.17) is 0 Å². The molecule has 0 spiro atoms. The van der Waals surface area contributed by atoms with E-state index in [1.54, 1.807) is 11.0 Å². The summed E-state index contributed by atoms with van der Waals surface area (Å²) in [5.41, 5.74) is 2.46. The van der Waals surface area contributed by atoms with Gasteiger partial charge >= 0.3 is 0 Å². The number of H-pyrrole nitrogens is 1. The van der Waals surface area contributed by atoms with E-state index >= 15 is 0 Å². The number of carbonyl (C=O) groups excluding carboxylic acids is 2. The van der Waals surface area contributed by atoms with Gasteiger partial charge in [-0.05, 0) is 37.5 Å². The van der Waals surface area contributed by atoms with Crippen LogP contribution in [0.1, 0.15) is 46.9 Å². The summed E-state index contributed by atoms with van der Waals surface area (Å²) < 4.78 is 0. The van der Waals surface area contributed by atoms with Gasteiger partial charge in [-0.25, -0.2) is 0 Å². The molecule has 6 heteroatoms. The van der Waals surface area contributed by atoms with E-state index in [1.807, 2.05) is 56.0 Å². The average molecular weight is 381 g/mol. The Balaban J connectivity index is 1.84. The van der Waals surface area contributed by atoms with E-state index in [-0.39, 0.29) is 35.4 Å². The Morgan fingerprint density at radius 1 is 1.18 bits per heavy atom. The predicted octanol–water partition coefficient (Wildman–Crippen LogP) is 2.65. The number of benzene rings is 1. The Labute approximate surface area is 165 Å². The summed E-state index contributed by atoms with van der Waals surface area (Å²) >= 11 is 0. The summed E-state index contributed by atoms with van der Waals surface area (Å²) in [5, 5.41) is 0. The summed E-state index contributed by atoms with van der Waals surface area (Å²) in [5.74, 6) is -0.267. The van der Waals surface area contributed by atoms with Gasteiger partial charge in [0.2, 0.25) is 5.91 Å². The molecule has 1 N–H and O–H groups in total. The molecule has 1 aliphatic heterocycles. The number of nitrogens with one attached hydrogen (secondary N) is 1. The Morgan fingerprint density at radius 2 is 1.89 bits per heavy atom. The molecule has 2 amide bonds. The van der Waals surface area contributed by atoms with Crippen LogP contribution < -0.4 is 5.56 Å². The van der Waals surface area contributed by atoms with Gasteiger partial charge in [-0.15, -0.1) is 0 Å². The maximum absolute atomic E-state index is 13.0. The summed E-state index contributed by atoms with van der Waals surface area (Å²) in [7, 11) is 0. The molecule has 2 heterocycles. The van der Waals surface area contributed by atoms with Crippen LogP contribution in [0.2, 0.25) is 0 Å². The van der Waals surface area contributed by atoms with Gasteiger partial charge in [0, 0.05) is 37.8 Å². The standard InChI is InChI=1S/C22H27N3O3/c1-4-18-14-24(22(28)19-12-15(2)16(3)23-21(19)27)11-10-20(26)25(18)13-17-8-6-5-7-9-17/h5-9,12,18H,4,10-11,13-14H2,1-3H3,(H,23,27)/t18-/m0/s1. The molecule has 0 aliphatic carbocycles. The zero-order valence-corrected chi connectivity index (χ0v) is 16.7. The average Bonchev–Trinajstić information content (AvgIpc) is 2.84. The Hall–Kier alpha value is -2.89. The molecule has 0 unspecified atom stereocenters. The van der Waals surface area contributed by atoms with Gasteiger partial charge in [0.1, 0.15) is 5.56 Å². The molecule has 28 heavy (non-hydrogen) atoms. The first-order chi connectivity index (χ1) is 13.4. The van der Waals surface area contributed by atoms with Gasteiger partial charge in [0.25, 0.3) is 11.5 Å². The number of nitrogens with zero attached hydrogens (tertiary/aromatic N) is 2. The van der Waals surface area contributed by atoms with Crippen molar-refractivity contribution in [3.63, 3.8) is 0 Å². The van der Waals surface area contributed by atoms with Crippen molar-refractivity contribution < 1.29 is 9.59 Å². The van der Waals surface area contributed by atoms with Gasteiger partial charge in [0.05, 0.1) is 0 Å². The number of carbonyl (C=O) groups is 2. The Kier molecular flexibility index (Phi) is 5.97. The van der Waals surface area contributed by atoms with Crippen LogP contribution in [0.4, 0.5) is 0 Å². The largest absolute Gasteiger partial charge is 0.336 e. The number of amides is 2. The molecule has 1 aliphatic rings. The normalized spacial score (nSPS) is 17.5. The van der Waals surface area contributed by atoms with Crippen LogP contribution in [-0.4, -0.2) is 45.7 Å². The van der Waals surface area contributed by atoms with Crippen LogP contribution in [-0.2, 0) is 11.3 Å². The molecular weight excluding hydrogens is 354 g/mol. The maximum atomic E-state index is 13.0. The first-order valence-corrected chi connectivity index (χ1v) is 9.74. The van der Waals surface area contributed by atoms with Crippen molar-refractivity contribution in [2.45, 2.75) is 46.2 Å². The maximum Gasteiger partial charge on any atom is 0.261 e. The Morgan fingerprint density at radius 3 is 2.57 bits per heavy atom. The second-order valence-corrected chi connectivity index (χ2v) is 7.39. The minimum absolute atomic E-state index is 0.0417. The van der Waals surface area contributed by atoms with Crippen molar-refractivity contribution in [1.29, 1.82) is 0 Å². The van der Waals surface area contributed by atoms with Gasteiger partial charge in [-0.2, -0.15) is 0 Å². The van der Waals surface area contributed by atoms with E-state index in [1.165, 1.54) is 0 Å². The number of aromatic amines is 1. The fourth-order valence-corrected chi connectivity index (χ4v) is 3.61. The number of hydrogen-bond acceptors (Lipinski definition) is 3. The SMILES string of the molecule is CC[C@H]1CN(C(=O)c2cc(C)c(C)[nH]c2=O)CCC(=O)N1Cc1ccccc1. The summed E-state index contributed by atoms with van der Waals surface area (Å²) in [6.45, 7) is 6.98. The van der Waals surface area contributed by atoms with E-state index in [0.29, 0.717) is 19.6 Å². The van der Waals surface area contributed by atoms with Gasteiger partial charge in [0.15, 0.2) is 0 Å².